The van der Waals surface area contributed by atoms with E-state index >= 15 is 0 Å². The lowest BCUT2D eigenvalue weighted by Gasteiger charge is -2.46. The largest absolute Gasteiger partial charge is 0.356 e. The van der Waals surface area contributed by atoms with Crippen molar-refractivity contribution >= 4 is 22.8 Å². The van der Waals surface area contributed by atoms with E-state index in [-0.39, 0.29) is 41.7 Å². The van der Waals surface area contributed by atoms with Gasteiger partial charge in [-0.1, -0.05) is 60.2 Å². The van der Waals surface area contributed by atoms with Crippen molar-refractivity contribution < 1.29 is 28.5 Å². The van der Waals surface area contributed by atoms with Crippen molar-refractivity contribution in [1.29, 1.82) is 0 Å². The summed E-state index contributed by atoms with van der Waals surface area (Å²) in [7, 11) is 0. The molecule has 0 radical (unpaired) electrons. The molecule has 2 rings (SSSR count). The minimum Gasteiger partial charge on any atom is -0.356 e. The molecule has 7 nitrogen and oxygen atoms in total. The molecule has 10 atom stereocenters. The molecule has 1 amide bonds. The molecular formula is C28H51NO6S. The fraction of sp³-hybridized carbons (Fsp3) is 0.929. The van der Waals surface area contributed by atoms with E-state index in [0.29, 0.717) is 67.9 Å². The van der Waals surface area contributed by atoms with Crippen LogP contribution in [-0.2, 0) is 28.5 Å². The Hall–Kier alpha value is -0.670. The molecule has 36 heavy (non-hydrogen) atoms. The zero-order valence-electron chi connectivity index (χ0n) is 23.8. The van der Waals surface area contributed by atoms with Crippen LogP contribution in [0.1, 0.15) is 81.1 Å². The molecule has 0 aromatic carbocycles. The van der Waals surface area contributed by atoms with Gasteiger partial charge in [0.25, 0.3) is 0 Å². The van der Waals surface area contributed by atoms with Crippen LogP contribution >= 0.6 is 11.8 Å². The van der Waals surface area contributed by atoms with Crippen LogP contribution in [0.2, 0.25) is 0 Å². The lowest BCUT2D eigenvalue weighted by molar-refractivity contribution is -0.289. The lowest BCUT2D eigenvalue weighted by atomic mass is 9.78. The Morgan fingerprint density at radius 1 is 0.806 bits per heavy atom. The Kier molecular flexibility index (Phi) is 13.7. The summed E-state index contributed by atoms with van der Waals surface area (Å²) < 4.78 is 25.2. The summed E-state index contributed by atoms with van der Waals surface area (Å²) in [6.07, 6.45) is 2.60. The van der Waals surface area contributed by atoms with E-state index in [0.717, 1.165) is 12.8 Å². The third-order valence-electron chi connectivity index (χ3n) is 8.57. The van der Waals surface area contributed by atoms with Crippen LogP contribution in [0.15, 0.2) is 0 Å². The fourth-order valence-corrected chi connectivity index (χ4v) is 5.81. The minimum absolute atomic E-state index is 0.0225. The lowest BCUT2D eigenvalue weighted by Crippen LogP contribution is -2.50. The van der Waals surface area contributed by atoms with Crippen molar-refractivity contribution in [2.75, 3.05) is 25.5 Å². The highest BCUT2D eigenvalue weighted by Gasteiger charge is 2.42. The molecule has 0 bridgehead atoms. The maximum absolute atomic E-state index is 11.9. The van der Waals surface area contributed by atoms with Crippen LogP contribution in [0.25, 0.3) is 0 Å². The van der Waals surface area contributed by atoms with Crippen molar-refractivity contribution in [2.24, 2.45) is 35.5 Å². The van der Waals surface area contributed by atoms with Crippen LogP contribution in [0.3, 0.4) is 0 Å². The van der Waals surface area contributed by atoms with Crippen molar-refractivity contribution in [2.45, 2.75) is 106 Å². The zero-order valence-corrected chi connectivity index (χ0v) is 24.6. The number of thioether (sulfide) groups is 1. The van der Waals surface area contributed by atoms with Gasteiger partial charge in [-0.15, -0.1) is 0 Å². The van der Waals surface area contributed by atoms with Gasteiger partial charge in [0.15, 0.2) is 17.7 Å². The summed E-state index contributed by atoms with van der Waals surface area (Å²) in [5.74, 6) is 3.21. The van der Waals surface area contributed by atoms with E-state index in [1.54, 1.807) is 6.92 Å². The summed E-state index contributed by atoms with van der Waals surface area (Å²) in [4.78, 5) is 22.9. The number of nitrogens with one attached hydrogen (secondary N) is 1. The number of ether oxygens (including phenoxy) is 4. The molecule has 0 aromatic heterocycles. The second kappa shape index (κ2) is 15.7. The van der Waals surface area contributed by atoms with Crippen LogP contribution in [0.4, 0.5) is 0 Å². The standard InChI is InChI=1S/C28H51NO6S/c1-9-24-19(4)17(2)22(7)28(34-24)33-16-25-20(5)18(3)21(6)27(35-25)32-14-11-13-29-26(31)12-10-15-36-23(8)30/h17-22,24-25,27-28H,9-16H2,1-8H3,(H,29,31)/t17-,18-,19-,20-,21?,22?,24?,25?,27+,28+/m0/s1. The molecule has 0 spiro atoms. The first kappa shape index (κ1) is 31.5. The maximum Gasteiger partial charge on any atom is 0.220 e. The van der Waals surface area contributed by atoms with Gasteiger partial charge in [-0.3, -0.25) is 9.59 Å². The van der Waals surface area contributed by atoms with E-state index in [9.17, 15) is 9.59 Å². The Morgan fingerprint density at radius 2 is 1.39 bits per heavy atom. The SMILES string of the molecule is CCC1O[C@@H](OCC2O[C@@H](OCCCNC(=O)CCCSC(C)=O)C(C)[C@@H](C)[C@@H]2C)C(C)[C@@H](C)[C@@H]1C. The van der Waals surface area contributed by atoms with Crippen molar-refractivity contribution in [1.82, 2.24) is 5.32 Å². The van der Waals surface area contributed by atoms with Gasteiger partial charge in [0.2, 0.25) is 5.91 Å². The average Bonchev–Trinajstić information content (AvgIpc) is 2.85. The monoisotopic (exact) mass is 529 g/mol. The molecule has 0 aliphatic carbocycles. The molecule has 1 N–H and O–H groups in total. The molecule has 2 fully saturated rings. The van der Waals surface area contributed by atoms with Crippen LogP contribution < -0.4 is 5.32 Å². The van der Waals surface area contributed by atoms with E-state index < -0.39 is 0 Å². The van der Waals surface area contributed by atoms with Crippen LogP contribution in [-0.4, -0.2) is 61.3 Å². The van der Waals surface area contributed by atoms with Gasteiger partial charge in [-0.05, 0) is 42.9 Å². The molecule has 2 heterocycles. The molecule has 0 aromatic rings. The number of carbonyl (C=O) groups is 2. The predicted molar refractivity (Wildman–Crippen MR) is 145 cm³/mol. The summed E-state index contributed by atoms with van der Waals surface area (Å²) >= 11 is 1.27. The smallest absolute Gasteiger partial charge is 0.220 e. The fourth-order valence-electron chi connectivity index (χ4n) is 5.24. The van der Waals surface area contributed by atoms with E-state index in [4.69, 9.17) is 18.9 Å². The van der Waals surface area contributed by atoms with Gasteiger partial charge in [-0.2, -0.15) is 0 Å². The van der Waals surface area contributed by atoms with Crippen LogP contribution in [0, 0.1) is 35.5 Å². The first-order chi connectivity index (χ1) is 17.1. The Labute approximate surface area is 223 Å². The number of hydrogen-bond donors (Lipinski definition) is 1. The van der Waals surface area contributed by atoms with Gasteiger partial charge >= 0.3 is 0 Å². The molecule has 8 heteroatoms. The molecule has 2 aliphatic rings. The predicted octanol–water partition coefficient (Wildman–Crippen LogP) is 5.26. The maximum atomic E-state index is 11.9. The van der Waals surface area contributed by atoms with Crippen molar-refractivity contribution in [3.8, 4) is 0 Å². The Morgan fingerprint density at radius 3 is 2.00 bits per heavy atom. The highest BCUT2D eigenvalue weighted by Crippen LogP contribution is 2.39. The molecule has 4 unspecified atom stereocenters. The van der Waals surface area contributed by atoms with E-state index in [1.165, 1.54) is 11.8 Å². The third-order valence-corrected chi connectivity index (χ3v) is 9.47. The van der Waals surface area contributed by atoms with Gasteiger partial charge in [0.1, 0.15) is 0 Å². The molecule has 0 saturated carbocycles. The highest BCUT2D eigenvalue weighted by atomic mass is 32.2. The zero-order chi connectivity index (χ0) is 26.8. The number of amides is 1. The molecule has 2 saturated heterocycles. The normalized spacial score (nSPS) is 37.0. The summed E-state index contributed by atoms with van der Waals surface area (Å²) in [6.45, 7) is 18.8. The first-order valence-electron chi connectivity index (χ1n) is 14.0. The Balaban J connectivity index is 1.74. The van der Waals surface area contributed by atoms with Crippen molar-refractivity contribution in [3.63, 3.8) is 0 Å². The van der Waals surface area contributed by atoms with E-state index in [1.807, 2.05) is 0 Å². The summed E-state index contributed by atoms with van der Waals surface area (Å²) in [5, 5.41) is 3.03. The quantitative estimate of drug-likeness (QED) is 0.326. The summed E-state index contributed by atoms with van der Waals surface area (Å²) in [5.41, 5.74) is 0. The number of hydrogen-bond acceptors (Lipinski definition) is 7. The Bertz CT molecular complexity index is 676. The highest BCUT2D eigenvalue weighted by molar-refractivity contribution is 8.13. The van der Waals surface area contributed by atoms with Crippen molar-refractivity contribution in [3.05, 3.63) is 0 Å². The average molecular weight is 530 g/mol. The number of carbonyl (C=O) groups excluding carboxylic acids is 2. The van der Waals surface area contributed by atoms with Gasteiger partial charge in [-0.25, -0.2) is 0 Å². The topological polar surface area (TPSA) is 83.1 Å². The van der Waals surface area contributed by atoms with Crippen LogP contribution in [0.5, 0.6) is 0 Å². The second-order valence-corrected chi connectivity index (χ2v) is 12.3. The minimum atomic E-state index is -0.281. The molecular weight excluding hydrogens is 478 g/mol. The van der Waals surface area contributed by atoms with Gasteiger partial charge < -0.3 is 24.3 Å². The first-order valence-corrected chi connectivity index (χ1v) is 15.0. The summed E-state index contributed by atoms with van der Waals surface area (Å²) in [6, 6.07) is 0. The van der Waals surface area contributed by atoms with Gasteiger partial charge in [0.05, 0.1) is 25.4 Å². The molecule has 210 valence electrons. The third kappa shape index (κ3) is 9.26. The number of rotatable bonds is 13. The second-order valence-electron chi connectivity index (χ2n) is 11.0. The molecule has 2 aliphatic heterocycles. The van der Waals surface area contributed by atoms with E-state index in [2.05, 4.69) is 53.8 Å². The van der Waals surface area contributed by atoms with Gasteiger partial charge in [0, 0.05) is 37.5 Å².